The second kappa shape index (κ2) is 9.32. The second-order valence-electron chi connectivity index (χ2n) is 6.29. The largest absolute Gasteiger partial charge is 0.332 e. The Balaban J connectivity index is 1.62. The zero-order valence-corrected chi connectivity index (χ0v) is 17.1. The molecule has 0 fully saturated rings. The van der Waals surface area contributed by atoms with Gasteiger partial charge in [0.1, 0.15) is 0 Å². The third kappa shape index (κ3) is 5.63. The molecule has 0 aliphatic rings. The highest BCUT2D eigenvalue weighted by atomic mass is 35.5. The van der Waals surface area contributed by atoms with E-state index in [-0.39, 0.29) is 16.9 Å². The number of halogens is 1. The molecule has 7 heteroatoms. The van der Waals surface area contributed by atoms with Crippen LogP contribution in [0.1, 0.15) is 26.3 Å². The number of benzene rings is 3. The molecule has 0 saturated heterocycles. The van der Waals surface area contributed by atoms with E-state index < -0.39 is 0 Å². The first-order chi connectivity index (χ1) is 13.9. The lowest BCUT2D eigenvalue weighted by atomic mass is 10.1. The van der Waals surface area contributed by atoms with Crippen molar-refractivity contribution in [3.05, 3.63) is 94.5 Å². The van der Waals surface area contributed by atoms with Crippen LogP contribution in [0.3, 0.4) is 0 Å². The van der Waals surface area contributed by atoms with Crippen LogP contribution in [0.15, 0.2) is 72.8 Å². The Kier molecular flexibility index (Phi) is 6.59. The molecule has 3 N–H and O–H groups in total. The number of thiocarbonyl (C=S) groups is 1. The van der Waals surface area contributed by atoms with Gasteiger partial charge in [0.15, 0.2) is 5.11 Å². The highest BCUT2D eigenvalue weighted by molar-refractivity contribution is 7.80. The van der Waals surface area contributed by atoms with Crippen LogP contribution in [0.2, 0.25) is 5.02 Å². The SMILES string of the molecule is Cc1ccc(C(=O)NC(=S)Nc2cccc(NC(=O)c3ccccc3Cl)c2)cc1. The van der Waals surface area contributed by atoms with Crippen molar-refractivity contribution in [1.29, 1.82) is 0 Å². The maximum Gasteiger partial charge on any atom is 0.257 e. The minimum atomic E-state index is -0.317. The van der Waals surface area contributed by atoms with Gasteiger partial charge in [-0.3, -0.25) is 14.9 Å². The van der Waals surface area contributed by atoms with Crippen LogP contribution in [-0.4, -0.2) is 16.9 Å². The Morgan fingerprint density at radius 1 is 0.828 bits per heavy atom. The lowest BCUT2D eigenvalue weighted by molar-refractivity contribution is 0.0976. The van der Waals surface area contributed by atoms with Gasteiger partial charge >= 0.3 is 0 Å². The molecule has 146 valence electrons. The van der Waals surface area contributed by atoms with E-state index in [4.69, 9.17) is 23.8 Å². The maximum absolute atomic E-state index is 12.4. The number of amides is 2. The van der Waals surface area contributed by atoms with E-state index in [9.17, 15) is 9.59 Å². The number of hydrogen-bond donors (Lipinski definition) is 3. The minimum Gasteiger partial charge on any atom is -0.332 e. The van der Waals surface area contributed by atoms with Crippen molar-refractivity contribution >= 4 is 52.1 Å². The van der Waals surface area contributed by atoms with Crippen LogP contribution < -0.4 is 16.0 Å². The third-order valence-corrected chi connectivity index (χ3v) is 4.57. The fourth-order valence-corrected chi connectivity index (χ4v) is 2.99. The first kappa shape index (κ1) is 20.5. The molecule has 3 aromatic carbocycles. The molecule has 0 aliphatic carbocycles. The zero-order valence-electron chi connectivity index (χ0n) is 15.5. The number of rotatable bonds is 4. The van der Waals surface area contributed by atoms with Gasteiger partial charge in [-0.1, -0.05) is 47.5 Å². The van der Waals surface area contributed by atoms with E-state index in [1.54, 1.807) is 60.7 Å². The summed E-state index contributed by atoms with van der Waals surface area (Å²) in [4.78, 5) is 24.6. The minimum absolute atomic E-state index is 0.158. The highest BCUT2D eigenvalue weighted by Gasteiger charge is 2.11. The Labute approximate surface area is 179 Å². The maximum atomic E-state index is 12.4. The summed E-state index contributed by atoms with van der Waals surface area (Å²) in [6, 6.07) is 21.0. The van der Waals surface area contributed by atoms with E-state index in [0.29, 0.717) is 27.5 Å². The van der Waals surface area contributed by atoms with Crippen LogP contribution in [0.4, 0.5) is 11.4 Å². The van der Waals surface area contributed by atoms with Crippen LogP contribution in [0.25, 0.3) is 0 Å². The molecular formula is C22H18ClN3O2S. The van der Waals surface area contributed by atoms with Gasteiger partial charge in [0, 0.05) is 16.9 Å². The van der Waals surface area contributed by atoms with Crippen molar-refractivity contribution in [2.24, 2.45) is 0 Å². The molecule has 0 spiro atoms. The van der Waals surface area contributed by atoms with Crippen molar-refractivity contribution in [2.75, 3.05) is 10.6 Å². The molecular weight excluding hydrogens is 406 g/mol. The van der Waals surface area contributed by atoms with Crippen LogP contribution in [-0.2, 0) is 0 Å². The smallest absolute Gasteiger partial charge is 0.257 e. The summed E-state index contributed by atoms with van der Waals surface area (Å²) in [5, 5.41) is 8.90. The summed E-state index contributed by atoms with van der Waals surface area (Å²) in [5.74, 6) is -0.617. The topological polar surface area (TPSA) is 70.2 Å². The first-order valence-electron chi connectivity index (χ1n) is 8.77. The van der Waals surface area contributed by atoms with E-state index in [0.717, 1.165) is 5.56 Å². The molecule has 3 rings (SSSR count). The van der Waals surface area contributed by atoms with E-state index in [1.165, 1.54) is 0 Å². The predicted molar refractivity (Wildman–Crippen MR) is 121 cm³/mol. The molecule has 0 bridgehead atoms. The molecule has 2 amide bonds. The molecule has 0 radical (unpaired) electrons. The molecule has 0 heterocycles. The number of aryl methyl sites for hydroxylation is 1. The van der Waals surface area contributed by atoms with Crippen LogP contribution in [0.5, 0.6) is 0 Å². The monoisotopic (exact) mass is 423 g/mol. The molecule has 3 aromatic rings. The number of carbonyl (C=O) groups excluding carboxylic acids is 2. The third-order valence-electron chi connectivity index (χ3n) is 4.04. The van der Waals surface area contributed by atoms with E-state index in [1.807, 2.05) is 19.1 Å². The lowest BCUT2D eigenvalue weighted by Gasteiger charge is -2.12. The molecule has 29 heavy (non-hydrogen) atoms. The standard InChI is InChI=1S/C22H18ClN3O2S/c1-14-9-11-15(12-10-14)20(27)26-22(29)25-17-6-4-5-16(13-17)24-21(28)18-7-2-3-8-19(18)23/h2-13H,1H3,(H,24,28)(H2,25,26,27,29). The number of anilines is 2. The quantitative estimate of drug-likeness (QED) is 0.515. The van der Waals surface area contributed by atoms with Crippen LogP contribution in [0, 0.1) is 6.92 Å². The molecule has 0 atom stereocenters. The normalized spacial score (nSPS) is 10.1. The summed E-state index contributed by atoms with van der Waals surface area (Å²) in [5.41, 5.74) is 3.15. The van der Waals surface area contributed by atoms with Crippen molar-refractivity contribution in [3.63, 3.8) is 0 Å². The lowest BCUT2D eigenvalue weighted by Crippen LogP contribution is -2.34. The number of nitrogens with one attached hydrogen (secondary N) is 3. The first-order valence-corrected chi connectivity index (χ1v) is 9.56. The van der Waals surface area contributed by atoms with E-state index in [2.05, 4.69) is 16.0 Å². The second-order valence-corrected chi connectivity index (χ2v) is 7.10. The summed E-state index contributed by atoms with van der Waals surface area (Å²) < 4.78 is 0. The average Bonchev–Trinajstić information content (AvgIpc) is 2.69. The van der Waals surface area contributed by atoms with Gasteiger partial charge in [0.25, 0.3) is 11.8 Å². The van der Waals surface area contributed by atoms with Crippen molar-refractivity contribution in [2.45, 2.75) is 6.92 Å². The summed E-state index contributed by atoms with van der Waals surface area (Å²) in [7, 11) is 0. The van der Waals surface area contributed by atoms with Crippen molar-refractivity contribution in [3.8, 4) is 0 Å². The molecule has 0 unspecified atom stereocenters. The summed E-state index contributed by atoms with van der Waals surface area (Å²) >= 11 is 11.3. The van der Waals surface area contributed by atoms with Gasteiger partial charge < -0.3 is 10.6 Å². The van der Waals surface area contributed by atoms with Gasteiger partial charge in [0.05, 0.1) is 10.6 Å². The van der Waals surface area contributed by atoms with Gasteiger partial charge in [0.2, 0.25) is 0 Å². The van der Waals surface area contributed by atoms with Crippen LogP contribution >= 0.6 is 23.8 Å². The summed E-state index contributed by atoms with van der Waals surface area (Å²) in [6.07, 6.45) is 0. The number of carbonyl (C=O) groups is 2. The molecule has 0 aromatic heterocycles. The Hall–Kier alpha value is -3.22. The highest BCUT2D eigenvalue weighted by Crippen LogP contribution is 2.19. The molecule has 0 aliphatic heterocycles. The van der Waals surface area contributed by atoms with Crippen molar-refractivity contribution in [1.82, 2.24) is 5.32 Å². The summed E-state index contributed by atoms with van der Waals surface area (Å²) in [6.45, 7) is 1.95. The molecule has 0 saturated carbocycles. The van der Waals surface area contributed by atoms with Gasteiger partial charge in [-0.15, -0.1) is 0 Å². The Morgan fingerprint density at radius 3 is 2.17 bits per heavy atom. The van der Waals surface area contributed by atoms with Crippen molar-refractivity contribution < 1.29 is 9.59 Å². The Morgan fingerprint density at radius 2 is 1.48 bits per heavy atom. The van der Waals surface area contributed by atoms with Gasteiger partial charge in [-0.2, -0.15) is 0 Å². The fraction of sp³-hybridized carbons (Fsp3) is 0.0455. The number of hydrogen-bond acceptors (Lipinski definition) is 3. The zero-order chi connectivity index (χ0) is 20.8. The fourth-order valence-electron chi connectivity index (χ4n) is 2.56. The molecule has 5 nitrogen and oxygen atoms in total. The predicted octanol–water partition coefficient (Wildman–Crippen LogP) is 5.03. The van der Waals surface area contributed by atoms with Gasteiger partial charge in [-0.05, 0) is 61.6 Å². The average molecular weight is 424 g/mol. The van der Waals surface area contributed by atoms with E-state index >= 15 is 0 Å². The van der Waals surface area contributed by atoms with Gasteiger partial charge in [-0.25, -0.2) is 0 Å². The Bertz CT molecular complexity index is 1070.